The van der Waals surface area contributed by atoms with Crippen molar-refractivity contribution in [2.45, 2.75) is 32.7 Å². The molecule has 0 aromatic heterocycles. The first-order chi connectivity index (χ1) is 8.61. The van der Waals surface area contributed by atoms with Crippen molar-refractivity contribution >= 4 is 33.2 Å². The molecule has 0 atom stereocenters. The monoisotopic (exact) mass is 330 g/mol. The quantitative estimate of drug-likeness (QED) is 0.901. The van der Waals surface area contributed by atoms with Gasteiger partial charge in [-0.2, -0.15) is 0 Å². The number of rotatable bonds is 3. The summed E-state index contributed by atoms with van der Waals surface area (Å²) in [5.41, 5.74) is 2.34. The second-order valence-electron chi connectivity index (χ2n) is 4.87. The predicted molar refractivity (Wildman–Crippen MR) is 82.8 cm³/mol. The molecule has 100 valence electrons. The van der Waals surface area contributed by atoms with Crippen LogP contribution in [0.15, 0.2) is 16.6 Å². The summed E-state index contributed by atoms with van der Waals surface area (Å²) in [4.78, 5) is 2.42. The maximum absolute atomic E-state index is 6.22. The molecule has 0 bridgehead atoms. The van der Waals surface area contributed by atoms with Gasteiger partial charge in [0.25, 0.3) is 0 Å². The highest BCUT2D eigenvalue weighted by molar-refractivity contribution is 9.10. The third-order valence-electron chi connectivity index (χ3n) is 3.56. The number of benzene rings is 1. The van der Waals surface area contributed by atoms with E-state index in [1.54, 1.807) is 0 Å². The van der Waals surface area contributed by atoms with Crippen LogP contribution in [0.4, 0.5) is 5.69 Å². The lowest BCUT2D eigenvalue weighted by atomic mass is 10.0. The molecule has 1 aromatic carbocycles. The van der Waals surface area contributed by atoms with Gasteiger partial charge in [0.05, 0.1) is 5.69 Å². The van der Waals surface area contributed by atoms with Gasteiger partial charge >= 0.3 is 0 Å². The molecule has 2 rings (SSSR count). The van der Waals surface area contributed by atoms with Gasteiger partial charge in [0, 0.05) is 28.6 Å². The summed E-state index contributed by atoms with van der Waals surface area (Å²) in [6.07, 6.45) is 2.40. The molecule has 4 heteroatoms. The molecule has 0 radical (unpaired) electrons. The van der Waals surface area contributed by atoms with E-state index in [1.807, 2.05) is 6.92 Å². The van der Waals surface area contributed by atoms with Gasteiger partial charge in [0.1, 0.15) is 0 Å². The number of nitrogens with zero attached hydrogens (tertiary/aromatic N) is 1. The highest BCUT2D eigenvalue weighted by atomic mass is 79.9. The summed E-state index contributed by atoms with van der Waals surface area (Å²) < 4.78 is 1.14. The number of hydrogen-bond acceptors (Lipinski definition) is 2. The van der Waals surface area contributed by atoms with Gasteiger partial charge in [-0.05, 0) is 59.9 Å². The third-order valence-corrected chi connectivity index (χ3v) is 4.60. The van der Waals surface area contributed by atoms with Crippen molar-refractivity contribution in [2.75, 3.05) is 24.5 Å². The average molecular weight is 332 g/mol. The van der Waals surface area contributed by atoms with Gasteiger partial charge in [-0.1, -0.05) is 18.5 Å². The van der Waals surface area contributed by atoms with Gasteiger partial charge < -0.3 is 10.2 Å². The van der Waals surface area contributed by atoms with Crippen molar-refractivity contribution in [1.82, 2.24) is 5.32 Å². The van der Waals surface area contributed by atoms with Crippen LogP contribution in [0.3, 0.4) is 0 Å². The summed E-state index contributed by atoms with van der Waals surface area (Å²) in [5.74, 6) is 0. The number of halogens is 2. The Morgan fingerprint density at radius 2 is 2.06 bits per heavy atom. The fourth-order valence-electron chi connectivity index (χ4n) is 2.49. The van der Waals surface area contributed by atoms with Crippen LogP contribution in [0.5, 0.6) is 0 Å². The first-order valence-electron chi connectivity index (χ1n) is 6.55. The minimum Gasteiger partial charge on any atom is -0.370 e. The zero-order chi connectivity index (χ0) is 13.1. The second-order valence-corrected chi connectivity index (χ2v) is 6.13. The lowest BCUT2D eigenvalue weighted by Gasteiger charge is -2.34. The molecule has 0 aliphatic carbocycles. The van der Waals surface area contributed by atoms with Gasteiger partial charge in [0.15, 0.2) is 0 Å². The fraction of sp³-hybridized carbons (Fsp3) is 0.571. The second kappa shape index (κ2) is 6.27. The maximum atomic E-state index is 6.22. The molecule has 1 aliphatic heterocycles. The number of hydrogen-bond donors (Lipinski definition) is 1. The Morgan fingerprint density at radius 1 is 1.39 bits per heavy atom. The summed E-state index contributed by atoms with van der Waals surface area (Å²) in [6.45, 7) is 7.45. The first-order valence-corrected chi connectivity index (χ1v) is 7.73. The van der Waals surface area contributed by atoms with Crippen LogP contribution < -0.4 is 10.2 Å². The molecular weight excluding hydrogens is 312 g/mol. The zero-order valence-corrected chi connectivity index (χ0v) is 13.3. The van der Waals surface area contributed by atoms with Gasteiger partial charge in [-0.3, -0.25) is 0 Å². The van der Waals surface area contributed by atoms with Gasteiger partial charge in [-0.25, -0.2) is 0 Å². The van der Waals surface area contributed by atoms with Crippen LogP contribution in [0, 0.1) is 6.92 Å². The van der Waals surface area contributed by atoms with E-state index in [0.29, 0.717) is 6.04 Å². The molecule has 1 heterocycles. The molecule has 1 N–H and O–H groups in total. The summed E-state index contributed by atoms with van der Waals surface area (Å²) >= 11 is 9.87. The molecule has 2 nitrogen and oxygen atoms in total. The summed E-state index contributed by atoms with van der Waals surface area (Å²) in [7, 11) is 0. The van der Waals surface area contributed by atoms with Crippen LogP contribution >= 0.6 is 27.5 Å². The van der Waals surface area contributed by atoms with Gasteiger partial charge in [0.2, 0.25) is 0 Å². The Labute approximate surface area is 123 Å². The minimum absolute atomic E-state index is 0.672. The number of nitrogens with one attached hydrogen (secondary N) is 1. The summed E-state index contributed by atoms with van der Waals surface area (Å²) in [6, 6.07) is 4.86. The Morgan fingerprint density at radius 3 is 2.67 bits per heavy atom. The largest absolute Gasteiger partial charge is 0.370 e. The van der Waals surface area contributed by atoms with Crippen LogP contribution in [-0.2, 0) is 0 Å². The number of piperidine rings is 1. The van der Waals surface area contributed by atoms with Crippen molar-refractivity contribution < 1.29 is 0 Å². The maximum Gasteiger partial charge on any atom is 0.0525 e. The molecule has 0 saturated carbocycles. The van der Waals surface area contributed by atoms with E-state index in [-0.39, 0.29) is 0 Å². The van der Waals surface area contributed by atoms with E-state index >= 15 is 0 Å². The van der Waals surface area contributed by atoms with Crippen LogP contribution in [0.2, 0.25) is 5.02 Å². The van der Waals surface area contributed by atoms with E-state index in [4.69, 9.17) is 11.6 Å². The highest BCUT2D eigenvalue weighted by Crippen LogP contribution is 2.33. The van der Waals surface area contributed by atoms with Crippen LogP contribution in [0.1, 0.15) is 25.3 Å². The molecule has 1 saturated heterocycles. The number of anilines is 1. The van der Waals surface area contributed by atoms with E-state index in [1.165, 1.54) is 18.5 Å². The van der Waals surface area contributed by atoms with E-state index in [9.17, 15) is 0 Å². The van der Waals surface area contributed by atoms with Crippen molar-refractivity contribution in [3.05, 3.63) is 27.2 Å². The fourth-order valence-corrected chi connectivity index (χ4v) is 3.36. The van der Waals surface area contributed by atoms with Crippen molar-refractivity contribution in [3.63, 3.8) is 0 Å². The van der Waals surface area contributed by atoms with Crippen LogP contribution in [-0.4, -0.2) is 25.7 Å². The molecule has 1 fully saturated rings. The third kappa shape index (κ3) is 3.19. The van der Waals surface area contributed by atoms with E-state index < -0.39 is 0 Å². The Balaban J connectivity index is 2.07. The lowest BCUT2D eigenvalue weighted by Crippen LogP contribution is -2.42. The smallest absolute Gasteiger partial charge is 0.0525 e. The number of aryl methyl sites for hydroxylation is 1. The molecule has 1 aromatic rings. The SMILES string of the molecule is CCNC1CCN(c2cc(Cl)c(C)cc2Br)CC1. The Kier molecular flexibility index (Phi) is 4.93. The topological polar surface area (TPSA) is 15.3 Å². The highest BCUT2D eigenvalue weighted by Gasteiger charge is 2.20. The van der Waals surface area contributed by atoms with Crippen LogP contribution in [0.25, 0.3) is 0 Å². The minimum atomic E-state index is 0.672. The predicted octanol–water partition coefficient (Wildman–Crippen LogP) is 3.99. The molecule has 0 spiro atoms. The standard InChI is InChI=1S/C14H20BrClN2/c1-3-17-11-4-6-18(7-5-11)14-9-13(16)10(2)8-12(14)15/h8-9,11,17H,3-7H2,1-2H3. The van der Waals surface area contributed by atoms with Gasteiger partial charge in [-0.15, -0.1) is 0 Å². The molecular formula is C14H20BrClN2. The summed E-state index contributed by atoms with van der Waals surface area (Å²) in [5, 5.41) is 4.38. The van der Waals surface area contributed by atoms with E-state index in [2.05, 4.69) is 45.2 Å². The van der Waals surface area contributed by atoms with E-state index in [0.717, 1.165) is 34.7 Å². The van der Waals surface area contributed by atoms with Crippen molar-refractivity contribution in [3.8, 4) is 0 Å². The molecule has 0 amide bonds. The molecule has 0 unspecified atom stereocenters. The average Bonchev–Trinajstić information content (AvgIpc) is 2.35. The normalized spacial score (nSPS) is 17.2. The lowest BCUT2D eigenvalue weighted by molar-refractivity contribution is 0.424. The Bertz CT molecular complexity index is 415. The first kappa shape index (κ1) is 14.2. The Hall–Kier alpha value is -0.250. The van der Waals surface area contributed by atoms with Crippen molar-refractivity contribution in [1.29, 1.82) is 0 Å². The zero-order valence-electron chi connectivity index (χ0n) is 11.0. The molecule has 1 aliphatic rings. The van der Waals surface area contributed by atoms with Crippen molar-refractivity contribution in [2.24, 2.45) is 0 Å². The molecule has 18 heavy (non-hydrogen) atoms.